The maximum atomic E-state index is 15.6. The van der Waals surface area contributed by atoms with E-state index in [2.05, 4.69) is 25.8 Å². The van der Waals surface area contributed by atoms with Crippen molar-refractivity contribution in [2.75, 3.05) is 71.7 Å². The van der Waals surface area contributed by atoms with Crippen LogP contribution < -0.4 is 26.5 Å². The highest BCUT2D eigenvalue weighted by Crippen LogP contribution is 2.38. The number of carbonyl (C=O) groups excluding carboxylic acids is 5. The van der Waals surface area contributed by atoms with Gasteiger partial charge < -0.3 is 53.8 Å². The molecule has 2 aromatic carbocycles. The SMILES string of the molecule is C[C@@H](C(=O)N[C@H](C(=O)N1CCC[C@H]1c1nc(C(=O)c2cccc(OCCOCCOCCOCCC(=O)N3CCn4nc(Nc5cc(-c6ccnc(-n7ncc8cc(C(C)(C)C)cc(F)c8c7=O)c6CO)cn(C)c5=O)cc4C3)c2)cs1)C1CCCCC1)N(C)C(=O)OC(C)(C)C. The first-order chi connectivity index (χ1) is 46.4. The third kappa shape index (κ3) is 17.2. The lowest BCUT2D eigenvalue weighted by atomic mass is 9.83. The number of benzene rings is 2. The highest BCUT2D eigenvalue weighted by Gasteiger charge is 2.41. The number of halogens is 1. The van der Waals surface area contributed by atoms with Gasteiger partial charge in [-0.05, 0) is 112 Å². The number of thiazole rings is 1. The zero-order chi connectivity index (χ0) is 69.3. The van der Waals surface area contributed by atoms with Gasteiger partial charge in [-0.15, -0.1) is 11.3 Å². The molecule has 1 aliphatic carbocycles. The van der Waals surface area contributed by atoms with Crippen molar-refractivity contribution >= 4 is 63.2 Å². The van der Waals surface area contributed by atoms with E-state index in [-0.39, 0.29) is 102 Å². The van der Waals surface area contributed by atoms with Crippen LogP contribution in [0.3, 0.4) is 0 Å². The van der Waals surface area contributed by atoms with Crippen LogP contribution in [0.1, 0.15) is 144 Å². The van der Waals surface area contributed by atoms with Crippen LogP contribution in [0, 0.1) is 11.7 Å². The van der Waals surface area contributed by atoms with Crippen molar-refractivity contribution in [3.63, 3.8) is 0 Å². The molecule has 27 heteroatoms. The molecule has 5 aromatic heterocycles. The molecule has 1 saturated carbocycles. The van der Waals surface area contributed by atoms with Gasteiger partial charge in [0, 0.05) is 73.1 Å². The molecule has 4 amide bonds. The number of ether oxygens (including phenoxy) is 5. The highest BCUT2D eigenvalue weighted by atomic mass is 32.1. The molecular formula is C70H87FN12O13S. The van der Waals surface area contributed by atoms with E-state index in [1.165, 1.54) is 46.3 Å². The van der Waals surface area contributed by atoms with Crippen LogP contribution >= 0.6 is 11.3 Å². The molecule has 2 aliphatic heterocycles. The summed E-state index contributed by atoms with van der Waals surface area (Å²) in [6, 6.07) is 13.0. The van der Waals surface area contributed by atoms with Crippen LogP contribution in [0.5, 0.6) is 5.75 Å². The number of likely N-dealkylation sites (tertiary alicyclic amines) is 1. The van der Waals surface area contributed by atoms with Gasteiger partial charge in [-0.1, -0.05) is 52.2 Å². The first-order valence-electron chi connectivity index (χ1n) is 33.0. The zero-order valence-electron chi connectivity index (χ0n) is 56.6. The summed E-state index contributed by atoms with van der Waals surface area (Å²) in [4.78, 5) is 110. The Hall–Kier alpha value is -8.76. The maximum Gasteiger partial charge on any atom is 0.410 e. The number of carbonyl (C=O) groups is 5. The number of fused-ring (bicyclic) bond motifs is 2. The van der Waals surface area contributed by atoms with E-state index in [4.69, 9.17) is 28.7 Å². The van der Waals surface area contributed by atoms with E-state index in [9.17, 15) is 38.7 Å². The number of anilines is 2. The number of aryl methyl sites for hydroxylation is 1. The molecule has 3 atom stereocenters. The Morgan fingerprint density at radius 3 is 2.31 bits per heavy atom. The number of likely N-dealkylation sites (N-methyl/N-ethyl adjacent to an activating group) is 1. The lowest BCUT2D eigenvalue weighted by Crippen LogP contribution is -2.56. The van der Waals surface area contributed by atoms with Gasteiger partial charge in [0.15, 0.2) is 11.6 Å². The fraction of sp³-hybridized carbons (Fsp3) is 0.500. The fourth-order valence-corrected chi connectivity index (χ4v) is 13.2. The van der Waals surface area contributed by atoms with Gasteiger partial charge in [-0.2, -0.15) is 14.9 Å². The van der Waals surface area contributed by atoms with Gasteiger partial charge in [0.25, 0.3) is 11.1 Å². The van der Waals surface area contributed by atoms with E-state index < -0.39 is 47.7 Å². The minimum Gasteiger partial charge on any atom is -0.491 e. The Bertz CT molecular complexity index is 4130. The number of rotatable bonds is 26. The summed E-state index contributed by atoms with van der Waals surface area (Å²) in [5.41, 5.74) is 1.30. The zero-order valence-corrected chi connectivity index (χ0v) is 57.4. The van der Waals surface area contributed by atoms with Crippen molar-refractivity contribution < 1.29 is 57.2 Å². The van der Waals surface area contributed by atoms with E-state index in [1.807, 2.05) is 20.8 Å². The monoisotopic (exact) mass is 1350 g/mol. The van der Waals surface area contributed by atoms with E-state index in [1.54, 1.807) is 109 Å². The molecule has 97 heavy (non-hydrogen) atoms. The molecule has 0 bridgehead atoms. The fourth-order valence-electron chi connectivity index (χ4n) is 12.3. The lowest BCUT2D eigenvalue weighted by molar-refractivity contribution is -0.140. The van der Waals surface area contributed by atoms with Gasteiger partial charge >= 0.3 is 6.09 Å². The van der Waals surface area contributed by atoms with Crippen molar-refractivity contribution in [3.05, 3.63) is 138 Å². The van der Waals surface area contributed by atoms with Gasteiger partial charge in [0.05, 0.1) is 89.1 Å². The maximum absolute atomic E-state index is 15.6. The number of aromatic nitrogens is 7. The highest BCUT2D eigenvalue weighted by molar-refractivity contribution is 7.10. The first kappa shape index (κ1) is 71.0. The van der Waals surface area contributed by atoms with Crippen LogP contribution in [0.4, 0.5) is 20.7 Å². The lowest BCUT2D eigenvalue weighted by Gasteiger charge is -2.36. The predicted molar refractivity (Wildman–Crippen MR) is 362 cm³/mol. The summed E-state index contributed by atoms with van der Waals surface area (Å²) in [7, 11) is 3.10. The number of nitrogens with one attached hydrogen (secondary N) is 2. The van der Waals surface area contributed by atoms with E-state index in [0.29, 0.717) is 96.6 Å². The van der Waals surface area contributed by atoms with E-state index in [0.717, 1.165) is 48.9 Å². The number of aliphatic hydroxyl groups excluding tert-OH is 1. The number of aliphatic hydroxyl groups is 1. The van der Waals surface area contributed by atoms with Crippen molar-refractivity contribution in [1.29, 1.82) is 0 Å². The Kier molecular flexibility index (Phi) is 22.8. The predicted octanol–water partition coefficient (Wildman–Crippen LogP) is 8.55. The summed E-state index contributed by atoms with van der Waals surface area (Å²) in [6.07, 6.45) is 9.98. The number of pyridine rings is 2. The number of nitrogens with zero attached hydrogens (tertiary/aromatic N) is 10. The summed E-state index contributed by atoms with van der Waals surface area (Å²) in [5.74, 6) is -0.844. The van der Waals surface area contributed by atoms with Gasteiger partial charge in [-0.25, -0.2) is 19.2 Å². The molecule has 2 fully saturated rings. The minimum absolute atomic E-state index is 0.00870. The van der Waals surface area contributed by atoms with Crippen molar-refractivity contribution in [1.82, 2.24) is 54.1 Å². The quantitative estimate of drug-likeness (QED) is 0.0338. The third-order valence-electron chi connectivity index (χ3n) is 17.7. The number of hydrogen-bond acceptors (Lipinski definition) is 19. The van der Waals surface area contributed by atoms with Crippen molar-refractivity contribution in [2.45, 2.75) is 149 Å². The van der Waals surface area contributed by atoms with Crippen molar-refractivity contribution in [3.8, 4) is 22.7 Å². The topological polar surface area (TPSA) is 286 Å². The molecule has 7 aromatic rings. The second-order valence-electron chi connectivity index (χ2n) is 26.8. The van der Waals surface area contributed by atoms with E-state index >= 15 is 4.39 Å². The Labute approximate surface area is 566 Å². The second-order valence-corrected chi connectivity index (χ2v) is 27.7. The molecule has 10 rings (SSSR count). The van der Waals surface area contributed by atoms with Gasteiger partial charge in [-0.3, -0.25) is 38.3 Å². The average Bonchev–Trinajstić information content (AvgIpc) is 1.38. The second kappa shape index (κ2) is 31.2. The minimum atomic E-state index is -0.880. The molecule has 0 radical (unpaired) electrons. The van der Waals surface area contributed by atoms with Crippen LogP contribution in [-0.4, -0.2) is 168 Å². The summed E-state index contributed by atoms with van der Waals surface area (Å²) in [5, 5.41) is 28.5. The van der Waals surface area contributed by atoms with Crippen LogP contribution in [-0.2, 0) is 65.5 Å². The van der Waals surface area contributed by atoms with Crippen LogP contribution in [0.2, 0.25) is 0 Å². The molecule has 0 spiro atoms. The molecular weight excluding hydrogens is 1270 g/mol. The molecule has 0 unspecified atom stereocenters. The number of ketones is 1. The number of amides is 4. The normalized spacial score (nSPS) is 15.8. The number of hydrogen-bond donors (Lipinski definition) is 3. The largest absolute Gasteiger partial charge is 0.491 e. The molecule has 25 nitrogen and oxygen atoms in total. The Morgan fingerprint density at radius 2 is 1.59 bits per heavy atom. The molecule has 3 aliphatic rings. The van der Waals surface area contributed by atoms with Gasteiger partial charge in [0.1, 0.15) is 52.2 Å². The third-order valence-corrected chi connectivity index (χ3v) is 18.7. The molecule has 3 N–H and O–H groups in total. The Balaban J connectivity index is 0.628. The van der Waals surface area contributed by atoms with Gasteiger partial charge in [0.2, 0.25) is 23.5 Å². The molecule has 518 valence electrons. The average molecular weight is 1360 g/mol. The molecule has 7 heterocycles. The first-order valence-corrected chi connectivity index (χ1v) is 33.9. The summed E-state index contributed by atoms with van der Waals surface area (Å²) in [6.45, 7) is 15.7. The Morgan fingerprint density at radius 1 is 0.856 bits per heavy atom. The standard InChI is InChI=1S/C70H87FN12O13S/c1-43(79(9)68(91)96-70(5,6)7)63(87)76-60(44-15-11-10-12-16-44)67(90)81-23-14-19-56(81)64-75-55(42-97-64)61(86)45-17-13-18-50(34-45)95-32-31-94-30-29-93-28-27-92-26-21-58(85)80-24-25-82-49(40-80)37-57(77-82)74-54-35-47(39-78(8)65(54)88)51-20-22-72-62(52(51)41-84)83-66(89)59-46(38-73-83)33-48(36-53(59)71)69(2,3)4/h13,17-18,20,22,33-39,42-44,56,60,84H,10-12,14-16,19,21,23-32,40-41H2,1-9H3,(H,74,77)(H,76,87)/t43-,56-,60-/m0/s1. The summed E-state index contributed by atoms with van der Waals surface area (Å²) < 4.78 is 48.2. The van der Waals surface area contributed by atoms with Crippen LogP contribution in [0.25, 0.3) is 27.7 Å². The summed E-state index contributed by atoms with van der Waals surface area (Å²) >= 11 is 1.33. The molecule has 1 saturated heterocycles. The smallest absolute Gasteiger partial charge is 0.410 e. The van der Waals surface area contributed by atoms with Crippen molar-refractivity contribution in [2.24, 2.45) is 13.0 Å². The van der Waals surface area contributed by atoms with Crippen LogP contribution in [0.15, 0.2) is 88.2 Å².